The molecule has 1 rings (SSSR count). The van der Waals surface area contributed by atoms with Gasteiger partial charge in [0.2, 0.25) is 21.5 Å². The molecule has 0 saturated carbocycles. The van der Waals surface area contributed by atoms with E-state index in [0.29, 0.717) is 6.42 Å². The van der Waals surface area contributed by atoms with Crippen LogP contribution in [0.5, 0.6) is 0 Å². The Morgan fingerprint density at radius 1 is 1.29 bits per heavy atom. The molecule has 6 heteroatoms. The molecule has 1 atom stereocenters. The molecule has 0 heterocycles. The van der Waals surface area contributed by atoms with E-state index in [9.17, 15) is 4.79 Å². The number of carbonyl (C=O) groups is 1. The van der Waals surface area contributed by atoms with Crippen LogP contribution >= 0.6 is 46.4 Å². The van der Waals surface area contributed by atoms with E-state index < -0.39 is 20.4 Å². The van der Waals surface area contributed by atoms with Gasteiger partial charge in [-0.3, -0.25) is 4.79 Å². The summed E-state index contributed by atoms with van der Waals surface area (Å²) in [5, 5.41) is -0.811. The highest BCUT2D eigenvalue weighted by Crippen LogP contribution is 2.44. The molecule has 0 spiro atoms. The van der Waals surface area contributed by atoms with Gasteiger partial charge in [-0.25, -0.2) is 0 Å². The summed E-state index contributed by atoms with van der Waals surface area (Å²) in [6, 6.07) is 7.53. The third-order valence-electron chi connectivity index (χ3n) is 3.32. The summed E-state index contributed by atoms with van der Waals surface area (Å²) < 4.78 is -1.12. The molecule has 0 saturated heterocycles. The van der Waals surface area contributed by atoms with Crippen LogP contribution in [0.1, 0.15) is 32.3 Å². The molecule has 1 aromatic carbocycles. The average molecular weight is 387 g/mol. The van der Waals surface area contributed by atoms with E-state index in [0.717, 1.165) is 10.5 Å². The van der Waals surface area contributed by atoms with Gasteiger partial charge in [-0.1, -0.05) is 49.2 Å². The number of halogens is 4. The lowest BCUT2D eigenvalue weighted by Gasteiger charge is -2.32. The van der Waals surface area contributed by atoms with E-state index in [1.165, 1.54) is 11.4 Å². The number of benzene rings is 1. The number of carbonyl (C=O) groups excluding carboxylic acids is 1. The first-order chi connectivity index (χ1) is 9.58. The van der Waals surface area contributed by atoms with Crippen molar-refractivity contribution in [2.24, 2.45) is 5.41 Å². The van der Waals surface area contributed by atoms with Gasteiger partial charge in [-0.15, -0.1) is 11.6 Å². The smallest absolute Gasteiger partial charge is 0.230 e. The fourth-order valence-electron chi connectivity index (χ4n) is 1.88. The summed E-state index contributed by atoms with van der Waals surface area (Å²) in [4.78, 5) is 12.1. The number of alkyl halides is 3. The molecule has 0 aliphatic heterocycles. The maximum Gasteiger partial charge on any atom is 0.230 e. The van der Waals surface area contributed by atoms with Gasteiger partial charge in [0.25, 0.3) is 0 Å². The van der Waals surface area contributed by atoms with Crippen molar-refractivity contribution >= 4 is 68.9 Å². The minimum Gasteiger partial charge on any atom is -0.281 e. The fraction of sp³-hybridized carbons (Fsp3) is 0.467. The minimum absolute atomic E-state index is 0.170. The molecule has 0 radical (unpaired) electrons. The van der Waals surface area contributed by atoms with Crippen molar-refractivity contribution in [1.29, 1.82) is 0 Å². The van der Waals surface area contributed by atoms with Crippen LogP contribution < -0.4 is 0 Å². The Balaban J connectivity index is 2.87. The lowest BCUT2D eigenvalue weighted by Crippen LogP contribution is -2.31. The van der Waals surface area contributed by atoms with Crippen LogP contribution in [-0.4, -0.2) is 16.5 Å². The van der Waals surface area contributed by atoms with Crippen molar-refractivity contribution in [2.75, 3.05) is 0 Å². The first-order valence-electron chi connectivity index (χ1n) is 6.31. The second-order valence-electron chi connectivity index (χ2n) is 5.57. The van der Waals surface area contributed by atoms with Crippen LogP contribution in [0.3, 0.4) is 0 Å². The van der Waals surface area contributed by atoms with Gasteiger partial charge in [0.05, 0.1) is 0 Å². The molecule has 0 amide bonds. The molecule has 21 heavy (non-hydrogen) atoms. The van der Waals surface area contributed by atoms with Crippen LogP contribution in [0, 0.1) is 5.41 Å². The zero-order chi connectivity index (χ0) is 16.3. The number of hydrogen-bond acceptors (Lipinski definition) is 1. The van der Waals surface area contributed by atoms with E-state index in [1.807, 2.05) is 38.1 Å². The van der Waals surface area contributed by atoms with Gasteiger partial charge in [-0.2, -0.15) is 0 Å². The Morgan fingerprint density at radius 3 is 2.24 bits per heavy atom. The highest BCUT2D eigenvalue weighted by atomic mass is 35.5. The molecule has 116 valence electrons. The van der Waals surface area contributed by atoms with Crippen molar-refractivity contribution < 1.29 is 4.79 Å². The lowest BCUT2D eigenvalue weighted by atomic mass is 9.83. The number of rotatable bonds is 7. The average Bonchev–Trinajstić information content (AvgIpc) is 2.36. The van der Waals surface area contributed by atoms with E-state index in [4.69, 9.17) is 46.4 Å². The summed E-state index contributed by atoms with van der Waals surface area (Å²) in [5.41, 5.74) is 0.278. The highest BCUT2D eigenvalue weighted by Gasteiger charge is 2.37. The second-order valence-corrected chi connectivity index (χ2v) is 8.76. The summed E-state index contributed by atoms with van der Waals surface area (Å²) >= 11 is 26.1. The summed E-state index contributed by atoms with van der Waals surface area (Å²) in [7, 11) is 0. The summed E-state index contributed by atoms with van der Waals surface area (Å²) in [6.07, 6.45) is 0.482. The van der Waals surface area contributed by atoms with Crippen molar-refractivity contribution in [3.05, 3.63) is 29.8 Å². The first-order valence-corrected chi connectivity index (χ1v) is 8.87. The molecule has 1 nitrogen and oxygen atoms in total. The zero-order valence-corrected chi connectivity index (χ0v) is 15.7. The first kappa shape index (κ1) is 19.2. The normalized spacial score (nSPS) is 13.8. The van der Waals surface area contributed by atoms with Crippen molar-refractivity contribution in [1.82, 2.24) is 0 Å². The Kier molecular flexibility index (Phi) is 6.95. The molecule has 0 aromatic heterocycles. The standard InChI is InChI=1S/C15H17Cl4OS/c1-14(2,9-13(17)20)12(16)8-15(18,19)10-4-6-11(21-3)7-5-10/h4-7,12H,3,8-9H2,1-2H3/q+1. The Bertz CT molecular complexity index is 511. The molecule has 0 bridgehead atoms. The molecular weight excluding hydrogens is 370 g/mol. The monoisotopic (exact) mass is 385 g/mol. The van der Waals surface area contributed by atoms with Gasteiger partial charge in [0, 0.05) is 30.4 Å². The van der Waals surface area contributed by atoms with E-state index >= 15 is 0 Å². The largest absolute Gasteiger partial charge is 0.281 e. The topological polar surface area (TPSA) is 17.1 Å². The van der Waals surface area contributed by atoms with E-state index in [2.05, 4.69) is 5.87 Å². The molecular formula is C15H17Cl4OS+. The lowest BCUT2D eigenvalue weighted by molar-refractivity contribution is -0.113. The zero-order valence-electron chi connectivity index (χ0n) is 11.8. The maximum atomic E-state index is 11.1. The summed E-state index contributed by atoms with van der Waals surface area (Å²) in [5.74, 6) is 3.74. The molecule has 0 N–H and O–H groups in total. The molecule has 0 fully saturated rings. The van der Waals surface area contributed by atoms with Crippen molar-refractivity contribution in [3.63, 3.8) is 0 Å². The number of hydrogen-bond donors (Lipinski definition) is 0. The van der Waals surface area contributed by atoms with Crippen LogP contribution in [0.25, 0.3) is 0 Å². The van der Waals surface area contributed by atoms with Crippen LogP contribution in [-0.2, 0) is 20.5 Å². The molecule has 0 aliphatic carbocycles. The Morgan fingerprint density at radius 2 is 1.81 bits per heavy atom. The fourth-order valence-corrected chi connectivity index (χ4v) is 3.58. The predicted octanol–water partition coefficient (Wildman–Crippen LogP) is 5.37. The quantitative estimate of drug-likeness (QED) is 0.266. The SMILES string of the molecule is C=[S+]c1ccc(C(Cl)(Cl)CC(Cl)C(C)(C)CC(=O)Cl)cc1. The highest BCUT2D eigenvalue weighted by molar-refractivity contribution is 7.76. The van der Waals surface area contributed by atoms with Crippen LogP contribution in [0.4, 0.5) is 0 Å². The van der Waals surface area contributed by atoms with Crippen LogP contribution in [0.15, 0.2) is 29.2 Å². The molecule has 1 unspecified atom stereocenters. The van der Waals surface area contributed by atoms with Crippen molar-refractivity contribution in [3.8, 4) is 0 Å². The van der Waals surface area contributed by atoms with Gasteiger partial charge < -0.3 is 0 Å². The second kappa shape index (κ2) is 7.61. The maximum absolute atomic E-state index is 11.1. The molecule has 0 aliphatic rings. The van der Waals surface area contributed by atoms with E-state index in [-0.39, 0.29) is 6.42 Å². The predicted molar refractivity (Wildman–Crippen MR) is 96.1 cm³/mol. The minimum atomic E-state index is -1.12. The van der Waals surface area contributed by atoms with Gasteiger partial charge in [-0.05, 0) is 22.6 Å². The van der Waals surface area contributed by atoms with Crippen molar-refractivity contribution in [2.45, 2.75) is 41.3 Å². The Hall–Kier alpha value is 0.140. The van der Waals surface area contributed by atoms with Gasteiger partial charge in [0.15, 0.2) is 5.87 Å². The third-order valence-corrected chi connectivity index (χ3v) is 5.55. The molecule has 1 aromatic rings. The van der Waals surface area contributed by atoms with Gasteiger partial charge in [0.1, 0.15) is 4.33 Å². The summed E-state index contributed by atoms with van der Waals surface area (Å²) in [6.45, 7) is 3.74. The Labute approximate surface area is 149 Å². The third kappa shape index (κ3) is 5.69. The van der Waals surface area contributed by atoms with Gasteiger partial charge >= 0.3 is 0 Å². The van der Waals surface area contributed by atoms with Crippen LogP contribution in [0.2, 0.25) is 0 Å². The van der Waals surface area contributed by atoms with E-state index in [1.54, 1.807) is 0 Å².